The molecule has 0 amide bonds. The Morgan fingerprint density at radius 3 is 3.32 bits per heavy atom. The maximum Gasteiger partial charge on any atom is 0.0771 e. The molecule has 2 atom stereocenters. The van der Waals surface area contributed by atoms with Crippen LogP contribution in [0.1, 0.15) is 31.4 Å². The average molecular weight is 277 g/mol. The Morgan fingerprint density at radius 1 is 1.63 bits per heavy atom. The van der Waals surface area contributed by atoms with Crippen LogP contribution in [0.3, 0.4) is 0 Å². The van der Waals surface area contributed by atoms with Gasteiger partial charge in [0.15, 0.2) is 0 Å². The number of nitrogens with one attached hydrogen (secondary N) is 1. The highest BCUT2D eigenvalue weighted by Gasteiger charge is 2.16. The highest BCUT2D eigenvalue weighted by Crippen LogP contribution is 2.21. The number of thiophene rings is 1. The lowest BCUT2D eigenvalue weighted by Gasteiger charge is -2.12. The van der Waals surface area contributed by atoms with Crippen molar-refractivity contribution in [1.82, 2.24) is 9.78 Å². The first-order chi connectivity index (χ1) is 9.31. The third-order valence-electron chi connectivity index (χ3n) is 3.47. The molecule has 3 heterocycles. The summed E-state index contributed by atoms with van der Waals surface area (Å²) >= 11 is 1.73. The smallest absolute Gasteiger partial charge is 0.0771 e. The van der Waals surface area contributed by atoms with Gasteiger partial charge in [0.1, 0.15) is 0 Å². The van der Waals surface area contributed by atoms with Crippen LogP contribution in [0.4, 0.5) is 5.69 Å². The molecule has 1 N–H and O–H groups in total. The molecule has 3 rings (SSSR count). The van der Waals surface area contributed by atoms with Crippen LogP contribution in [-0.2, 0) is 11.3 Å². The second-order valence-electron chi connectivity index (χ2n) is 5.01. The number of nitrogens with zero attached hydrogens (tertiary/aromatic N) is 2. The molecule has 0 saturated carbocycles. The molecule has 0 bridgehead atoms. The Balaban J connectivity index is 1.58. The second kappa shape index (κ2) is 5.75. The van der Waals surface area contributed by atoms with Crippen LogP contribution >= 0.6 is 11.3 Å². The maximum absolute atomic E-state index is 5.63. The summed E-state index contributed by atoms with van der Waals surface area (Å²) in [6, 6.07) is 2.46. The molecule has 1 aliphatic rings. The van der Waals surface area contributed by atoms with Gasteiger partial charge in [-0.2, -0.15) is 16.4 Å². The van der Waals surface area contributed by atoms with E-state index in [0.29, 0.717) is 12.1 Å². The van der Waals surface area contributed by atoms with Crippen molar-refractivity contribution in [2.24, 2.45) is 0 Å². The molecule has 0 aliphatic carbocycles. The van der Waals surface area contributed by atoms with E-state index in [9.17, 15) is 0 Å². The number of rotatable bonds is 5. The molecule has 0 aromatic carbocycles. The summed E-state index contributed by atoms with van der Waals surface area (Å²) in [7, 11) is 0. The summed E-state index contributed by atoms with van der Waals surface area (Å²) in [5.41, 5.74) is 2.38. The van der Waals surface area contributed by atoms with Gasteiger partial charge in [0.05, 0.1) is 24.5 Å². The van der Waals surface area contributed by atoms with E-state index in [4.69, 9.17) is 4.74 Å². The maximum atomic E-state index is 5.63. The van der Waals surface area contributed by atoms with Crippen molar-refractivity contribution in [3.05, 3.63) is 34.8 Å². The van der Waals surface area contributed by atoms with E-state index in [0.717, 1.165) is 25.3 Å². The summed E-state index contributed by atoms with van der Waals surface area (Å²) in [5.74, 6) is 0. The fourth-order valence-corrected chi connectivity index (χ4v) is 3.14. The summed E-state index contributed by atoms with van der Waals surface area (Å²) in [4.78, 5) is 0. The molecule has 19 heavy (non-hydrogen) atoms. The minimum atomic E-state index is 0.312. The van der Waals surface area contributed by atoms with E-state index < -0.39 is 0 Å². The molecular formula is C14H19N3OS. The molecule has 2 unspecified atom stereocenters. The predicted octanol–water partition coefficient (Wildman–Crippen LogP) is 3.30. The lowest BCUT2D eigenvalue weighted by molar-refractivity contribution is 0.0940. The highest BCUT2D eigenvalue weighted by molar-refractivity contribution is 7.07. The van der Waals surface area contributed by atoms with Crippen molar-refractivity contribution >= 4 is 17.0 Å². The van der Waals surface area contributed by atoms with Crippen molar-refractivity contribution in [1.29, 1.82) is 0 Å². The zero-order valence-corrected chi connectivity index (χ0v) is 11.9. The molecule has 2 aromatic heterocycles. The Kier molecular flexibility index (Phi) is 3.84. The third-order valence-corrected chi connectivity index (χ3v) is 4.18. The number of aromatic nitrogens is 2. The summed E-state index contributed by atoms with van der Waals surface area (Å²) in [5, 5.41) is 12.1. The zero-order chi connectivity index (χ0) is 13.1. The summed E-state index contributed by atoms with van der Waals surface area (Å²) in [6.07, 6.45) is 6.60. The minimum absolute atomic E-state index is 0.312. The Morgan fingerprint density at radius 2 is 2.58 bits per heavy atom. The molecule has 2 aromatic rings. The Labute approximate surface area is 117 Å². The van der Waals surface area contributed by atoms with Gasteiger partial charge < -0.3 is 10.1 Å². The van der Waals surface area contributed by atoms with Crippen molar-refractivity contribution < 1.29 is 4.74 Å². The van der Waals surface area contributed by atoms with Gasteiger partial charge in [0.2, 0.25) is 0 Å². The van der Waals surface area contributed by atoms with E-state index in [-0.39, 0.29) is 0 Å². The van der Waals surface area contributed by atoms with Crippen LogP contribution in [0.25, 0.3) is 0 Å². The van der Waals surface area contributed by atoms with E-state index in [2.05, 4.69) is 40.4 Å². The first kappa shape index (κ1) is 12.7. The topological polar surface area (TPSA) is 39.1 Å². The second-order valence-corrected chi connectivity index (χ2v) is 5.79. The number of ether oxygens (including phenoxy) is 1. The molecule has 102 valence electrons. The van der Waals surface area contributed by atoms with E-state index >= 15 is 0 Å². The molecular weight excluding hydrogens is 258 g/mol. The van der Waals surface area contributed by atoms with Crippen LogP contribution < -0.4 is 5.32 Å². The van der Waals surface area contributed by atoms with Gasteiger partial charge >= 0.3 is 0 Å². The third kappa shape index (κ3) is 3.16. The van der Waals surface area contributed by atoms with Crippen LogP contribution in [0, 0.1) is 0 Å². The molecule has 0 radical (unpaired) electrons. The van der Waals surface area contributed by atoms with Crippen molar-refractivity contribution in [3.63, 3.8) is 0 Å². The quantitative estimate of drug-likeness (QED) is 0.911. The molecule has 1 fully saturated rings. The van der Waals surface area contributed by atoms with Crippen LogP contribution in [0.15, 0.2) is 29.2 Å². The lowest BCUT2D eigenvalue weighted by Crippen LogP contribution is -2.15. The number of anilines is 1. The van der Waals surface area contributed by atoms with Crippen LogP contribution in [-0.4, -0.2) is 22.5 Å². The molecule has 0 spiro atoms. The van der Waals surface area contributed by atoms with E-state index in [1.165, 1.54) is 12.0 Å². The lowest BCUT2D eigenvalue weighted by atomic mass is 10.2. The first-order valence-electron chi connectivity index (χ1n) is 6.74. The normalized spacial score (nSPS) is 20.6. The standard InChI is InChI=1S/C14H19N3OS/c1-11(12-4-6-19-10-12)16-13-7-15-17(8-13)9-14-3-2-5-18-14/h4,6-8,10-11,14,16H,2-3,5,9H2,1H3. The van der Waals surface area contributed by atoms with E-state index in [1.54, 1.807) is 11.3 Å². The molecule has 5 heteroatoms. The van der Waals surface area contributed by atoms with Crippen LogP contribution in [0.5, 0.6) is 0 Å². The minimum Gasteiger partial charge on any atom is -0.376 e. The SMILES string of the molecule is CC(Nc1cnn(CC2CCCO2)c1)c1ccsc1. The average Bonchev–Trinajstić information content (AvgIpc) is 3.10. The van der Waals surface area contributed by atoms with Crippen molar-refractivity contribution in [2.45, 2.75) is 38.5 Å². The number of hydrogen-bond donors (Lipinski definition) is 1. The van der Waals surface area contributed by atoms with E-state index in [1.807, 2.05) is 10.9 Å². The predicted molar refractivity (Wildman–Crippen MR) is 77.6 cm³/mol. The largest absolute Gasteiger partial charge is 0.376 e. The Hall–Kier alpha value is -1.33. The van der Waals surface area contributed by atoms with Gasteiger partial charge in [0, 0.05) is 18.8 Å². The van der Waals surface area contributed by atoms with Crippen molar-refractivity contribution in [3.8, 4) is 0 Å². The fourth-order valence-electron chi connectivity index (χ4n) is 2.39. The molecule has 4 nitrogen and oxygen atoms in total. The fraction of sp³-hybridized carbons (Fsp3) is 0.500. The van der Waals surface area contributed by atoms with Gasteiger partial charge in [-0.3, -0.25) is 4.68 Å². The first-order valence-corrected chi connectivity index (χ1v) is 7.68. The van der Waals surface area contributed by atoms with Gasteiger partial charge in [-0.05, 0) is 42.2 Å². The summed E-state index contributed by atoms with van der Waals surface area (Å²) < 4.78 is 7.60. The van der Waals surface area contributed by atoms with Crippen LogP contribution in [0.2, 0.25) is 0 Å². The molecule has 1 saturated heterocycles. The highest BCUT2D eigenvalue weighted by atomic mass is 32.1. The van der Waals surface area contributed by atoms with Gasteiger partial charge in [-0.1, -0.05) is 0 Å². The van der Waals surface area contributed by atoms with Gasteiger partial charge in [-0.15, -0.1) is 0 Å². The number of hydrogen-bond acceptors (Lipinski definition) is 4. The van der Waals surface area contributed by atoms with Gasteiger partial charge in [0.25, 0.3) is 0 Å². The zero-order valence-electron chi connectivity index (χ0n) is 11.1. The van der Waals surface area contributed by atoms with Gasteiger partial charge in [-0.25, -0.2) is 0 Å². The van der Waals surface area contributed by atoms with Crippen molar-refractivity contribution in [2.75, 3.05) is 11.9 Å². The monoisotopic (exact) mass is 277 g/mol. The summed E-state index contributed by atoms with van der Waals surface area (Å²) in [6.45, 7) is 3.92. The Bertz CT molecular complexity index is 503. The molecule has 1 aliphatic heterocycles.